The van der Waals surface area contributed by atoms with Gasteiger partial charge in [0.2, 0.25) is 11.7 Å². The Morgan fingerprint density at radius 1 is 1.42 bits per heavy atom. The summed E-state index contributed by atoms with van der Waals surface area (Å²) in [6.07, 6.45) is 1.22. The molecule has 0 saturated heterocycles. The lowest BCUT2D eigenvalue weighted by atomic mass is 10.0. The Morgan fingerprint density at radius 2 is 2.25 bits per heavy atom. The van der Waals surface area contributed by atoms with Gasteiger partial charge in [0, 0.05) is 24.2 Å². The molecule has 0 fully saturated rings. The Labute approximate surface area is 138 Å². The van der Waals surface area contributed by atoms with Crippen LogP contribution in [0.25, 0.3) is 0 Å². The van der Waals surface area contributed by atoms with Gasteiger partial charge >= 0.3 is 11.8 Å². The molecule has 0 unspecified atom stereocenters. The van der Waals surface area contributed by atoms with Gasteiger partial charge in [0.15, 0.2) is 6.61 Å². The second-order valence-corrected chi connectivity index (χ2v) is 5.80. The number of hydrogen-bond donors (Lipinski definition) is 2. The van der Waals surface area contributed by atoms with E-state index in [-0.39, 0.29) is 30.3 Å². The van der Waals surface area contributed by atoms with Crippen LogP contribution in [0.3, 0.4) is 0 Å². The molecule has 1 aliphatic heterocycles. The maximum atomic E-state index is 11.7. The summed E-state index contributed by atoms with van der Waals surface area (Å²) in [5, 5.41) is 9.20. The van der Waals surface area contributed by atoms with E-state index in [2.05, 4.69) is 20.8 Å². The van der Waals surface area contributed by atoms with Crippen molar-refractivity contribution in [1.29, 1.82) is 0 Å². The molecule has 0 atom stereocenters. The van der Waals surface area contributed by atoms with Crippen LogP contribution in [0.1, 0.15) is 42.3 Å². The third kappa shape index (κ3) is 3.70. The van der Waals surface area contributed by atoms with Crippen molar-refractivity contribution in [1.82, 2.24) is 15.5 Å². The van der Waals surface area contributed by atoms with Crippen molar-refractivity contribution in [3.63, 3.8) is 0 Å². The topological polar surface area (TPSA) is 106 Å². The van der Waals surface area contributed by atoms with Crippen LogP contribution < -0.4 is 15.4 Å². The molecule has 1 aliphatic rings. The number of rotatable bonds is 5. The summed E-state index contributed by atoms with van der Waals surface area (Å²) in [6, 6.07) is 5.48. The van der Waals surface area contributed by atoms with Gasteiger partial charge < -0.3 is 19.9 Å². The number of amides is 2. The first kappa shape index (κ1) is 16.0. The largest absolute Gasteiger partial charge is 0.485 e. The molecule has 2 amide bonds. The smallest absolute Gasteiger partial charge is 0.316 e. The molecule has 24 heavy (non-hydrogen) atoms. The highest BCUT2D eigenvalue weighted by Crippen LogP contribution is 2.27. The fourth-order valence-corrected chi connectivity index (χ4v) is 2.32. The first-order chi connectivity index (χ1) is 11.5. The van der Waals surface area contributed by atoms with E-state index in [1.54, 1.807) is 6.07 Å². The highest BCUT2D eigenvalue weighted by Gasteiger charge is 2.17. The van der Waals surface area contributed by atoms with Crippen LogP contribution in [-0.4, -0.2) is 28.0 Å². The Morgan fingerprint density at radius 3 is 3.04 bits per heavy atom. The van der Waals surface area contributed by atoms with Crippen LogP contribution in [-0.2, 0) is 17.8 Å². The van der Waals surface area contributed by atoms with Crippen LogP contribution in [0.15, 0.2) is 22.7 Å². The minimum absolute atomic E-state index is 0.00127. The van der Waals surface area contributed by atoms with E-state index in [0.29, 0.717) is 12.2 Å². The summed E-state index contributed by atoms with van der Waals surface area (Å²) in [5.41, 5.74) is 1.84. The number of carbonyl (C=O) groups excluding carboxylic acids is 2. The van der Waals surface area contributed by atoms with E-state index in [1.807, 2.05) is 26.0 Å². The van der Waals surface area contributed by atoms with Gasteiger partial charge in [-0.3, -0.25) is 9.59 Å². The molecule has 3 rings (SSSR count). The fraction of sp³-hybridized carbons (Fsp3) is 0.375. The van der Waals surface area contributed by atoms with Crippen LogP contribution in [0.2, 0.25) is 0 Å². The third-order valence-electron chi connectivity index (χ3n) is 3.43. The van der Waals surface area contributed by atoms with Gasteiger partial charge in [-0.1, -0.05) is 11.2 Å². The minimum atomic E-state index is -0.416. The number of aryl methyl sites for hydroxylation is 1. The first-order valence-corrected chi connectivity index (χ1v) is 7.70. The van der Waals surface area contributed by atoms with Crippen LogP contribution in [0, 0.1) is 0 Å². The van der Waals surface area contributed by atoms with Gasteiger partial charge in [-0.15, -0.1) is 0 Å². The number of nitrogens with one attached hydrogen (secondary N) is 2. The molecule has 0 saturated carbocycles. The number of anilines is 1. The molecule has 2 heterocycles. The number of hydrogen-bond acceptors (Lipinski definition) is 6. The number of benzene rings is 1. The zero-order chi connectivity index (χ0) is 17.1. The monoisotopic (exact) mass is 330 g/mol. The standard InChI is InChI=1S/C16H18N4O4/c1-9(2)17-15(22)16-19-13(20-24-16)8-23-11-5-3-10-4-6-14(21)18-12(10)7-11/h3,5,7,9H,4,6,8H2,1-2H3,(H,17,22)(H,18,21). The molecule has 0 bridgehead atoms. The van der Waals surface area contributed by atoms with Crippen molar-refractivity contribution in [2.24, 2.45) is 0 Å². The number of carbonyl (C=O) groups is 2. The Balaban J connectivity index is 1.62. The highest BCUT2D eigenvalue weighted by molar-refractivity contribution is 5.94. The Bertz CT molecular complexity index is 769. The van der Waals surface area contributed by atoms with Crippen molar-refractivity contribution in [2.45, 2.75) is 39.3 Å². The van der Waals surface area contributed by atoms with Gasteiger partial charge in [-0.2, -0.15) is 4.98 Å². The van der Waals surface area contributed by atoms with Crippen LogP contribution in [0.5, 0.6) is 5.75 Å². The zero-order valence-corrected chi connectivity index (χ0v) is 13.5. The lowest BCUT2D eigenvalue weighted by molar-refractivity contribution is -0.116. The van der Waals surface area contributed by atoms with E-state index in [0.717, 1.165) is 17.7 Å². The van der Waals surface area contributed by atoms with Gasteiger partial charge in [0.25, 0.3) is 0 Å². The first-order valence-electron chi connectivity index (χ1n) is 7.70. The average Bonchev–Trinajstić information content (AvgIpc) is 3.01. The molecular formula is C16H18N4O4. The molecule has 1 aromatic carbocycles. The summed E-state index contributed by atoms with van der Waals surface area (Å²) in [4.78, 5) is 27.2. The lowest BCUT2D eigenvalue weighted by Gasteiger charge is -2.17. The quantitative estimate of drug-likeness (QED) is 0.864. The fourth-order valence-electron chi connectivity index (χ4n) is 2.32. The summed E-state index contributed by atoms with van der Waals surface area (Å²) in [5.74, 6) is 0.332. The molecule has 8 heteroatoms. The second-order valence-electron chi connectivity index (χ2n) is 5.80. The molecule has 126 valence electrons. The van der Waals surface area contributed by atoms with E-state index < -0.39 is 5.91 Å². The molecule has 8 nitrogen and oxygen atoms in total. The average molecular weight is 330 g/mol. The maximum Gasteiger partial charge on any atom is 0.316 e. The van der Waals surface area contributed by atoms with Gasteiger partial charge in [0.05, 0.1) is 0 Å². The summed E-state index contributed by atoms with van der Waals surface area (Å²) in [7, 11) is 0. The van der Waals surface area contributed by atoms with Gasteiger partial charge in [-0.05, 0) is 31.9 Å². The number of ether oxygens (including phenoxy) is 1. The third-order valence-corrected chi connectivity index (χ3v) is 3.43. The van der Waals surface area contributed by atoms with Crippen molar-refractivity contribution in [3.05, 3.63) is 35.5 Å². The second kappa shape index (κ2) is 6.69. The van der Waals surface area contributed by atoms with E-state index in [4.69, 9.17) is 9.26 Å². The minimum Gasteiger partial charge on any atom is -0.485 e. The lowest BCUT2D eigenvalue weighted by Crippen LogP contribution is -2.30. The maximum absolute atomic E-state index is 11.7. The van der Waals surface area contributed by atoms with Gasteiger partial charge in [-0.25, -0.2) is 0 Å². The predicted octanol–water partition coefficient (Wildman–Crippen LogP) is 1.67. The predicted molar refractivity (Wildman–Crippen MR) is 84.6 cm³/mol. The van der Waals surface area contributed by atoms with E-state index >= 15 is 0 Å². The normalized spacial score (nSPS) is 13.4. The van der Waals surface area contributed by atoms with Crippen LogP contribution >= 0.6 is 0 Å². The number of fused-ring (bicyclic) bond motifs is 1. The van der Waals surface area contributed by atoms with Crippen molar-refractivity contribution in [3.8, 4) is 5.75 Å². The molecular weight excluding hydrogens is 312 g/mol. The Hall–Kier alpha value is -2.90. The number of nitrogens with zero attached hydrogens (tertiary/aromatic N) is 2. The molecule has 2 aromatic rings. The van der Waals surface area contributed by atoms with E-state index in [9.17, 15) is 9.59 Å². The molecule has 0 spiro atoms. The summed E-state index contributed by atoms with van der Waals surface area (Å²) < 4.78 is 10.5. The molecule has 0 radical (unpaired) electrons. The van der Waals surface area contributed by atoms with Crippen molar-refractivity contribution >= 4 is 17.5 Å². The molecule has 1 aromatic heterocycles. The summed E-state index contributed by atoms with van der Waals surface area (Å²) >= 11 is 0. The van der Waals surface area contributed by atoms with Crippen molar-refractivity contribution in [2.75, 3.05) is 5.32 Å². The van der Waals surface area contributed by atoms with Gasteiger partial charge in [0.1, 0.15) is 5.75 Å². The summed E-state index contributed by atoms with van der Waals surface area (Å²) in [6.45, 7) is 3.74. The molecule has 0 aliphatic carbocycles. The zero-order valence-electron chi connectivity index (χ0n) is 13.5. The van der Waals surface area contributed by atoms with Crippen molar-refractivity contribution < 1.29 is 18.8 Å². The highest BCUT2D eigenvalue weighted by atomic mass is 16.5. The van der Waals surface area contributed by atoms with E-state index in [1.165, 1.54) is 0 Å². The Kier molecular flexibility index (Phi) is 4.45. The molecule has 2 N–H and O–H groups in total. The number of aromatic nitrogens is 2. The van der Waals surface area contributed by atoms with Crippen LogP contribution in [0.4, 0.5) is 5.69 Å². The SMILES string of the molecule is CC(C)NC(=O)c1nc(COc2ccc3c(c2)NC(=O)CC3)no1.